The second-order valence-electron chi connectivity index (χ2n) is 3.90. The number of aromatic nitrogens is 2. The van der Waals surface area contributed by atoms with Crippen LogP contribution < -0.4 is 0 Å². The fourth-order valence-electron chi connectivity index (χ4n) is 1.55. The third-order valence-corrected chi connectivity index (χ3v) is 3.38. The lowest BCUT2D eigenvalue weighted by molar-refractivity contribution is -0.133. The van der Waals surface area contributed by atoms with Crippen molar-refractivity contribution in [1.29, 1.82) is 0 Å². The molecule has 0 unspecified atom stereocenters. The highest BCUT2D eigenvalue weighted by molar-refractivity contribution is 7.99. The first-order valence-electron chi connectivity index (χ1n) is 5.56. The van der Waals surface area contributed by atoms with Gasteiger partial charge in [0.15, 0.2) is 5.82 Å². The van der Waals surface area contributed by atoms with Gasteiger partial charge in [0.25, 0.3) is 6.43 Å². The summed E-state index contributed by atoms with van der Waals surface area (Å²) in [5, 5.41) is 12.2. The van der Waals surface area contributed by atoms with E-state index in [-0.39, 0.29) is 10.7 Å². The van der Waals surface area contributed by atoms with Gasteiger partial charge in [-0.2, -0.15) is 5.10 Å². The number of alkyl halides is 2. The number of aliphatic carboxylic acids is 1. The fourth-order valence-corrected chi connectivity index (χ4v) is 2.29. The zero-order valence-electron chi connectivity index (χ0n) is 10.3. The maximum absolute atomic E-state index is 13.7. The highest BCUT2D eigenvalue weighted by Crippen LogP contribution is 2.28. The van der Waals surface area contributed by atoms with Crippen molar-refractivity contribution in [2.75, 3.05) is 5.75 Å². The van der Waals surface area contributed by atoms with Gasteiger partial charge in [0.1, 0.15) is 22.2 Å². The molecule has 1 aromatic heterocycles. The number of halogens is 4. The van der Waals surface area contributed by atoms with Crippen LogP contribution >= 0.6 is 11.8 Å². The first kappa shape index (κ1) is 15.4. The zero-order chi connectivity index (χ0) is 15.6. The molecular formula is C12H8F4N2O2S. The van der Waals surface area contributed by atoms with Crippen molar-refractivity contribution in [3.8, 4) is 5.69 Å². The Morgan fingerprint density at radius 2 is 2.05 bits per heavy atom. The Hall–Kier alpha value is -2.03. The first-order chi connectivity index (χ1) is 9.88. The highest BCUT2D eigenvalue weighted by atomic mass is 32.2. The van der Waals surface area contributed by atoms with E-state index in [1.54, 1.807) is 0 Å². The Balaban J connectivity index is 2.46. The largest absolute Gasteiger partial charge is 0.481 e. The fraction of sp³-hybridized carbons (Fsp3) is 0.167. The normalized spacial score (nSPS) is 11.1. The molecule has 1 heterocycles. The van der Waals surface area contributed by atoms with Crippen LogP contribution in [0, 0.1) is 11.6 Å². The molecule has 0 amide bonds. The van der Waals surface area contributed by atoms with E-state index < -0.39 is 35.5 Å². The number of nitrogens with zero attached hydrogens (tertiary/aromatic N) is 2. The molecule has 0 radical (unpaired) electrons. The molecule has 2 rings (SSSR count). The van der Waals surface area contributed by atoms with Crippen LogP contribution in [0.1, 0.15) is 12.1 Å². The lowest BCUT2D eigenvalue weighted by Gasteiger charge is -2.07. The second-order valence-corrected chi connectivity index (χ2v) is 4.89. The molecule has 0 fully saturated rings. The van der Waals surface area contributed by atoms with Crippen LogP contribution in [0.3, 0.4) is 0 Å². The monoisotopic (exact) mass is 320 g/mol. The topological polar surface area (TPSA) is 55.1 Å². The van der Waals surface area contributed by atoms with Crippen LogP contribution in [0.15, 0.2) is 29.3 Å². The van der Waals surface area contributed by atoms with E-state index in [2.05, 4.69) is 5.10 Å². The van der Waals surface area contributed by atoms with Gasteiger partial charge < -0.3 is 5.11 Å². The quantitative estimate of drug-likeness (QED) is 0.678. The summed E-state index contributed by atoms with van der Waals surface area (Å²) in [6.07, 6.45) is -2.89. The van der Waals surface area contributed by atoms with Crippen LogP contribution in [0.4, 0.5) is 17.6 Å². The molecule has 9 heteroatoms. The van der Waals surface area contributed by atoms with Crippen molar-refractivity contribution < 1.29 is 27.5 Å². The molecule has 0 aliphatic heterocycles. The number of benzene rings is 1. The van der Waals surface area contributed by atoms with Gasteiger partial charge in [0.05, 0.1) is 5.75 Å². The Morgan fingerprint density at radius 3 is 2.62 bits per heavy atom. The van der Waals surface area contributed by atoms with Crippen molar-refractivity contribution in [2.24, 2.45) is 0 Å². The number of carboxylic acids is 1. The van der Waals surface area contributed by atoms with Crippen LogP contribution in [0.5, 0.6) is 0 Å². The van der Waals surface area contributed by atoms with Gasteiger partial charge in [-0.25, -0.2) is 22.2 Å². The predicted molar refractivity (Wildman–Crippen MR) is 66.8 cm³/mol. The Labute approximate surface area is 120 Å². The molecule has 112 valence electrons. The SMILES string of the molecule is O=C(O)CSc1cc(C(F)F)nn1-c1ccc(F)cc1F. The van der Waals surface area contributed by atoms with Gasteiger partial charge >= 0.3 is 5.97 Å². The molecule has 0 bridgehead atoms. The minimum Gasteiger partial charge on any atom is -0.481 e. The number of carbonyl (C=O) groups is 1. The molecule has 1 aromatic carbocycles. The maximum Gasteiger partial charge on any atom is 0.313 e. The smallest absolute Gasteiger partial charge is 0.313 e. The Bertz CT molecular complexity index is 675. The number of hydrogen-bond acceptors (Lipinski definition) is 3. The lowest BCUT2D eigenvalue weighted by Crippen LogP contribution is -2.04. The second kappa shape index (κ2) is 6.17. The number of hydrogen-bond donors (Lipinski definition) is 1. The summed E-state index contributed by atoms with van der Waals surface area (Å²) >= 11 is 0.708. The van der Waals surface area contributed by atoms with E-state index in [1.165, 1.54) is 0 Å². The summed E-state index contributed by atoms with van der Waals surface area (Å²) in [4.78, 5) is 10.6. The van der Waals surface area contributed by atoms with E-state index in [1.807, 2.05) is 0 Å². The molecule has 0 atom stereocenters. The molecule has 0 spiro atoms. The minimum atomic E-state index is -2.89. The first-order valence-corrected chi connectivity index (χ1v) is 6.55. The Kier molecular flexibility index (Phi) is 4.51. The van der Waals surface area contributed by atoms with Gasteiger partial charge in [-0.1, -0.05) is 11.8 Å². The zero-order valence-corrected chi connectivity index (χ0v) is 11.1. The average Bonchev–Trinajstić information content (AvgIpc) is 2.80. The molecule has 1 N–H and O–H groups in total. The molecule has 4 nitrogen and oxygen atoms in total. The molecule has 0 saturated carbocycles. The third-order valence-electron chi connectivity index (χ3n) is 2.40. The predicted octanol–water partition coefficient (Wildman–Crippen LogP) is 3.26. The molecule has 2 aromatic rings. The molecule has 0 aliphatic carbocycles. The van der Waals surface area contributed by atoms with Crippen LogP contribution in [0.2, 0.25) is 0 Å². The third kappa shape index (κ3) is 3.54. The number of thioether (sulfide) groups is 1. The minimum absolute atomic E-state index is 0.0261. The summed E-state index contributed by atoms with van der Waals surface area (Å²) in [6.45, 7) is 0. The van der Waals surface area contributed by atoms with Gasteiger partial charge in [-0.3, -0.25) is 4.79 Å². The molecule has 0 saturated heterocycles. The number of rotatable bonds is 5. The summed E-state index contributed by atoms with van der Waals surface area (Å²) in [5.41, 5.74) is -0.859. The maximum atomic E-state index is 13.7. The number of carboxylic acid groups (broad SMARTS) is 1. The van der Waals surface area contributed by atoms with E-state index in [4.69, 9.17) is 5.11 Å². The highest BCUT2D eigenvalue weighted by Gasteiger charge is 2.19. The average molecular weight is 320 g/mol. The van der Waals surface area contributed by atoms with Crippen molar-refractivity contribution in [2.45, 2.75) is 11.5 Å². The standard InChI is InChI=1S/C12H8F4N2O2S/c13-6-1-2-9(7(14)3-6)18-10(21-5-11(19)20)4-8(17-18)12(15)16/h1-4,12H,5H2,(H,19,20). The summed E-state index contributed by atoms with van der Waals surface area (Å²) in [6, 6.07) is 3.55. The summed E-state index contributed by atoms with van der Waals surface area (Å²) < 4.78 is 52.8. The van der Waals surface area contributed by atoms with E-state index in [0.29, 0.717) is 17.8 Å². The van der Waals surface area contributed by atoms with E-state index >= 15 is 0 Å². The summed E-state index contributed by atoms with van der Waals surface area (Å²) in [5.74, 6) is -3.38. The van der Waals surface area contributed by atoms with E-state index in [0.717, 1.165) is 22.9 Å². The lowest BCUT2D eigenvalue weighted by atomic mass is 10.3. The van der Waals surface area contributed by atoms with Gasteiger partial charge in [-0.15, -0.1) is 0 Å². The molecule has 21 heavy (non-hydrogen) atoms. The van der Waals surface area contributed by atoms with Gasteiger partial charge in [-0.05, 0) is 18.2 Å². The van der Waals surface area contributed by atoms with E-state index in [9.17, 15) is 22.4 Å². The van der Waals surface area contributed by atoms with Crippen LogP contribution in [-0.4, -0.2) is 26.6 Å². The van der Waals surface area contributed by atoms with Gasteiger partial charge in [0.2, 0.25) is 0 Å². The van der Waals surface area contributed by atoms with Crippen molar-refractivity contribution >= 4 is 17.7 Å². The van der Waals surface area contributed by atoms with Gasteiger partial charge in [0, 0.05) is 6.07 Å². The van der Waals surface area contributed by atoms with Crippen LogP contribution in [-0.2, 0) is 4.79 Å². The van der Waals surface area contributed by atoms with Crippen molar-refractivity contribution in [3.63, 3.8) is 0 Å². The van der Waals surface area contributed by atoms with Crippen LogP contribution in [0.25, 0.3) is 5.69 Å². The van der Waals surface area contributed by atoms with Crippen molar-refractivity contribution in [1.82, 2.24) is 9.78 Å². The summed E-state index contributed by atoms with van der Waals surface area (Å²) in [7, 11) is 0. The molecular weight excluding hydrogens is 312 g/mol. The van der Waals surface area contributed by atoms with Crippen molar-refractivity contribution in [3.05, 3.63) is 41.6 Å². The Morgan fingerprint density at radius 1 is 1.33 bits per heavy atom. The molecule has 0 aliphatic rings.